The number of hydrogen-bond acceptors (Lipinski definition) is 6. The van der Waals surface area contributed by atoms with Crippen LogP contribution in [0.2, 0.25) is 0 Å². The van der Waals surface area contributed by atoms with Crippen molar-refractivity contribution in [1.82, 2.24) is 15.3 Å². The molecule has 124 valence electrons. The van der Waals surface area contributed by atoms with Crippen LogP contribution in [0.25, 0.3) is 22.1 Å². The number of aromatic nitrogens is 2. The Balaban J connectivity index is 1.58. The van der Waals surface area contributed by atoms with Gasteiger partial charge < -0.3 is 20.8 Å². The molecule has 1 aliphatic carbocycles. The van der Waals surface area contributed by atoms with Crippen LogP contribution in [0, 0.1) is 23.5 Å². The SMILES string of the molecule is Nc1nc(NCC2NCC3CC32)c2oc3ccc(F)c(F)c3c2n1. The number of nitrogens with one attached hydrogen (secondary N) is 2. The Labute approximate surface area is 135 Å². The minimum atomic E-state index is -0.992. The average Bonchev–Trinajstić information content (AvgIpc) is 3.08. The fourth-order valence-corrected chi connectivity index (χ4v) is 3.69. The Bertz CT molecular complexity index is 972. The van der Waals surface area contributed by atoms with Crippen molar-refractivity contribution in [2.24, 2.45) is 11.8 Å². The van der Waals surface area contributed by atoms with E-state index in [-0.39, 0.29) is 28.0 Å². The van der Waals surface area contributed by atoms with E-state index in [2.05, 4.69) is 20.6 Å². The molecule has 5 rings (SSSR count). The van der Waals surface area contributed by atoms with E-state index in [1.165, 1.54) is 12.5 Å². The molecular weight excluding hydrogens is 316 g/mol. The van der Waals surface area contributed by atoms with Crippen LogP contribution in [0.1, 0.15) is 6.42 Å². The molecule has 0 spiro atoms. The Morgan fingerprint density at radius 2 is 2.21 bits per heavy atom. The highest BCUT2D eigenvalue weighted by atomic mass is 19.2. The number of piperidine rings is 1. The summed E-state index contributed by atoms with van der Waals surface area (Å²) in [6.07, 6.45) is 1.26. The number of fused-ring (bicyclic) bond motifs is 4. The molecule has 24 heavy (non-hydrogen) atoms. The first-order chi connectivity index (χ1) is 11.6. The van der Waals surface area contributed by atoms with Gasteiger partial charge in [0.05, 0.1) is 5.39 Å². The zero-order valence-corrected chi connectivity index (χ0v) is 12.6. The van der Waals surface area contributed by atoms with E-state index in [1.807, 2.05) is 0 Å². The first-order valence-electron chi connectivity index (χ1n) is 7.93. The van der Waals surface area contributed by atoms with Gasteiger partial charge in [0.1, 0.15) is 11.1 Å². The van der Waals surface area contributed by atoms with Gasteiger partial charge in [0.25, 0.3) is 0 Å². The summed E-state index contributed by atoms with van der Waals surface area (Å²) in [4.78, 5) is 8.21. The first-order valence-corrected chi connectivity index (χ1v) is 7.93. The highest BCUT2D eigenvalue weighted by Crippen LogP contribution is 2.45. The molecule has 6 nitrogen and oxygen atoms in total. The standard InChI is InChI=1S/C16H15F2N5O/c17-8-1-2-10-11(12(8)18)13-14(24-10)15(23-16(19)22-13)21-5-9-7-3-6(7)4-20-9/h1-2,6-7,9,20H,3-5H2,(H3,19,21,22,23). The van der Waals surface area contributed by atoms with Crippen molar-refractivity contribution in [2.75, 3.05) is 24.1 Å². The lowest BCUT2D eigenvalue weighted by molar-refractivity contribution is 0.516. The second-order valence-corrected chi connectivity index (χ2v) is 6.50. The maximum Gasteiger partial charge on any atom is 0.222 e. The van der Waals surface area contributed by atoms with E-state index >= 15 is 0 Å². The predicted molar refractivity (Wildman–Crippen MR) is 85.5 cm³/mol. The topological polar surface area (TPSA) is 89.0 Å². The monoisotopic (exact) mass is 331 g/mol. The summed E-state index contributed by atoms with van der Waals surface area (Å²) in [7, 11) is 0. The van der Waals surface area contributed by atoms with Crippen LogP contribution < -0.4 is 16.4 Å². The van der Waals surface area contributed by atoms with Gasteiger partial charge in [0, 0.05) is 12.6 Å². The summed E-state index contributed by atoms with van der Waals surface area (Å²) in [5.74, 6) is -0.0650. The molecule has 0 radical (unpaired) electrons. The number of nitrogens with zero attached hydrogens (tertiary/aromatic N) is 2. The predicted octanol–water partition coefficient (Wildman–Crippen LogP) is 2.26. The number of rotatable bonds is 3. The lowest BCUT2D eigenvalue weighted by atomic mass is 10.2. The number of anilines is 2. The van der Waals surface area contributed by atoms with Gasteiger partial charge in [-0.1, -0.05) is 0 Å². The molecule has 8 heteroatoms. The Kier molecular flexibility index (Phi) is 2.76. The lowest BCUT2D eigenvalue weighted by Gasteiger charge is -2.14. The molecule has 4 N–H and O–H groups in total. The number of benzene rings is 1. The van der Waals surface area contributed by atoms with Crippen LogP contribution in [0.15, 0.2) is 16.5 Å². The van der Waals surface area contributed by atoms with Crippen molar-refractivity contribution < 1.29 is 13.2 Å². The molecular formula is C16H15F2N5O. The van der Waals surface area contributed by atoms with Gasteiger partial charge in [-0.05, 0) is 36.9 Å². The molecule has 2 fully saturated rings. The molecule has 2 aromatic heterocycles. The molecule has 1 aliphatic heterocycles. The highest BCUT2D eigenvalue weighted by molar-refractivity contribution is 6.06. The molecule has 1 saturated carbocycles. The van der Waals surface area contributed by atoms with Crippen LogP contribution in [0.3, 0.4) is 0 Å². The molecule has 0 amide bonds. The van der Waals surface area contributed by atoms with Gasteiger partial charge in [0.2, 0.25) is 5.95 Å². The van der Waals surface area contributed by atoms with Gasteiger partial charge in [-0.2, -0.15) is 4.98 Å². The summed E-state index contributed by atoms with van der Waals surface area (Å²) in [5.41, 5.74) is 6.43. The molecule has 1 saturated heterocycles. The normalized spacial score (nSPS) is 25.3. The second kappa shape index (κ2) is 4.76. The Morgan fingerprint density at radius 3 is 2.96 bits per heavy atom. The number of nitrogen functional groups attached to an aromatic ring is 1. The summed E-state index contributed by atoms with van der Waals surface area (Å²) < 4.78 is 33.3. The summed E-state index contributed by atoms with van der Waals surface area (Å²) in [6.45, 7) is 1.72. The van der Waals surface area contributed by atoms with E-state index in [0.717, 1.165) is 18.5 Å². The van der Waals surface area contributed by atoms with Crippen molar-refractivity contribution in [3.63, 3.8) is 0 Å². The van der Waals surface area contributed by atoms with Crippen LogP contribution in [0.5, 0.6) is 0 Å². The van der Waals surface area contributed by atoms with E-state index in [4.69, 9.17) is 10.2 Å². The van der Waals surface area contributed by atoms with E-state index in [0.29, 0.717) is 24.3 Å². The van der Waals surface area contributed by atoms with Gasteiger partial charge in [-0.25, -0.2) is 13.8 Å². The van der Waals surface area contributed by atoms with Gasteiger partial charge in [-0.15, -0.1) is 0 Å². The van der Waals surface area contributed by atoms with Crippen molar-refractivity contribution in [3.05, 3.63) is 23.8 Å². The van der Waals surface area contributed by atoms with Gasteiger partial charge >= 0.3 is 0 Å². The van der Waals surface area contributed by atoms with Crippen molar-refractivity contribution >= 4 is 33.8 Å². The van der Waals surface area contributed by atoms with Crippen LogP contribution in [-0.2, 0) is 0 Å². The second-order valence-electron chi connectivity index (χ2n) is 6.50. The van der Waals surface area contributed by atoms with Gasteiger partial charge in [0.15, 0.2) is 23.0 Å². The van der Waals surface area contributed by atoms with E-state index < -0.39 is 11.6 Å². The number of halogens is 2. The summed E-state index contributed by atoms with van der Waals surface area (Å²) in [5, 5.41) is 6.66. The smallest absolute Gasteiger partial charge is 0.222 e. The molecule has 3 aromatic rings. The fourth-order valence-electron chi connectivity index (χ4n) is 3.69. The molecule has 3 atom stereocenters. The molecule has 3 heterocycles. The zero-order chi connectivity index (χ0) is 16.4. The van der Waals surface area contributed by atoms with Crippen molar-refractivity contribution in [2.45, 2.75) is 12.5 Å². The molecule has 3 unspecified atom stereocenters. The Morgan fingerprint density at radius 1 is 1.33 bits per heavy atom. The third-order valence-corrected chi connectivity index (χ3v) is 5.01. The van der Waals surface area contributed by atoms with Crippen LogP contribution in [-0.4, -0.2) is 29.1 Å². The largest absolute Gasteiger partial charge is 0.450 e. The van der Waals surface area contributed by atoms with Crippen molar-refractivity contribution in [3.8, 4) is 0 Å². The van der Waals surface area contributed by atoms with Gasteiger partial charge in [-0.3, -0.25) is 0 Å². The molecule has 1 aromatic carbocycles. The minimum Gasteiger partial charge on any atom is -0.450 e. The zero-order valence-electron chi connectivity index (χ0n) is 12.6. The average molecular weight is 331 g/mol. The number of hydrogen-bond donors (Lipinski definition) is 3. The third kappa shape index (κ3) is 1.96. The highest BCUT2D eigenvalue weighted by Gasteiger charge is 2.47. The fraction of sp³-hybridized carbons (Fsp3) is 0.375. The molecule has 2 aliphatic rings. The first kappa shape index (κ1) is 13.9. The number of nitrogens with two attached hydrogens (primary N) is 1. The Hall–Kier alpha value is -2.48. The molecule has 0 bridgehead atoms. The maximum absolute atomic E-state index is 14.1. The maximum atomic E-state index is 14.1. The third-order valence-electron chi connectivity index (χ3n) is 5.01. The quantitative estimate of drug-likeness (QED) is 0.682. The van der Waals surface area contributed by atoms with E-state index in [9.17, 15) is 8.78 Å². The summed E-state index contributed by atoms with van der Waals surface area (Å²) in [6, 6.07) is 2.78. The van der Waals surface area contributed by atoms with E-state index in [1.54, 1.807) is 0 Å². The number of furan rings is 1. The van der Waals surface area contributed by atoms with Crippen LogP contribution in [0.4, 0.5) is 20.5 Å². The van der Waals surface area contributed by atoms with Crippen molar-refractivity contribution in [1.29, 1.82) is 0 Å². The summed E-state index contributed by atoms with van der Waals surface area (Å²) >= 11 is 0. The van der Waals surface area contributed by atoms with Crippen LogP contribution >= 0.6 is 0 Å². The lowest BCUT2D eigenvalue weighted by Crippen LogP contribution is -2.33. The minimum absolute atomic E-state index is 0.0107.